The summed E-state index contributed by atoms with van der Waals surface area (Å²) in [4.78, 5) is 6.53. The van der Waals surface area contributed by atoms with Gasteiger partial charge in [0.25, 0.3) is 0 Å². The molecule has 1 fully saturated rings. The van der Waals surface area contributed by atoms with Gasteiger partial charge in [0.2, 0.25) is 0 Å². The first-order valence-corrected chi connectivity index (χ1v) is 7.89. The standard InChI is InChI=1S/C14H25N3S/c1-3-16-8-10-17(11-9-16)7-6-15-13(2)14-5-4-12-18-14/h4-5,12-13,15H,3,6-11H2,1-2H3. The predicted molar refractivity (Wildman–Crippen MR) is 79.3 cm³/mol. The maximum atomic E-state index is 3.61. The van der Waals surface area contributed by atoms with E-state index in [1.54, 1.807) is 0 Å². The van der Waals surface area contributed by atoms with Crippen LogP contribution in [0.4, 0.5) is 0 Å². The molecule has 1 N–H and O–H groups in total. The van der Waals surface area contributed by atoms with Gasteiger partial charge in [-0.05, 0) is 24.9 Å². The van der Waals surface area contributed by atoms with Crippen molar-refractivity contribution >= 4 is 11.3 Å². The molecule has 2 heterocycles. The predicted octanol–water partition coefficient (Wildman–Crippen LogP) is 2.04. The van der Waals surface area contributed by atoms with E-state index in [-0.39, 0.29) is 0 Å². The molecule has 1 unspecified atom stereocenters. The summed E-state index contributed by atoms with van der Waals surface area (Å²) in [5.74, 6) is 0. The first-order valence-electron chi connectivity index (χ1n) is 7.01. The molecule has 0 saturated carbocycles. The van der Waals surface area contributed by atoms with Crippen LogP contribution in [0.1, 0.15) is 24.8 Å². The summed E-state index contributed by atoms with van der Waals surface area (Å²) in [5, 5.41) is 5.76. The third-order valence-corrected chi connectivity index (χ3v) is 4.82. The molecular weight excluding hydrogens is 242 g/mol. The van der Waals surface area contributed by atoms with E-state index in [1.165, 1.54) is 44.1 Å². The fourth-order valence-corrected chi connectivity index (χ4v) is 3.17. The summed E-state index contributed by atoms with van der Waals surface area (Å²) in [6.45, 7) is 12.9. The number of rotatable bonds is 6. The highest BCUT2D eigenvalue weighted by atomic mass is 32.1. The van der Waals surface area contributed by atoms with Crippen molar-refractivity contribution in [1.82, 2.24) is 15.1 Å². The number of thiophene rings is 1. The van der Waals surface area contributed by atoms with Crippen molar-refractivity contribution in [2.24, 2.45) is 0 Å². The van der Waals surface area contributed by atoms with Gasteiger partial charge in [0.1, 0.15) is 0 Å². The lowest BCUT2D eigenvalue weighted by Gasteiger charge is -2.34. The van der Waals surface area contributed by atoms with E-state index in [9.17, 15) is 0 Å². The monoisotopic (exact) mass is 267 g/mol. The van der Waals surface area contributed by atoms with Crippen molar-refractivity contribution in [1.29, 1.82) is 0 Å². The van der Waals surface area contributed by atoms with Crippen LogP contribution in [0.25, 0.3) is 0 Å². The Morgan fingerprint density at radius 2 is 2.00 bits per heavy atom. The number of nitrogens with zero attached hydrogens (tertiary/aromatic N) is 2. The molecule has 0 aromatic carbocycles. The lowest BCUT2D eigenvalue weighted by molar-refractivity contribution is 0.137. The maximum absolute atomic E-state index is 3.61. The first-order chi connectivity index (χ1) is 8.79. The smallest absolute Gasteiger partial charge is 0.0386 e. The van der Waals surface area contributed by atoms with Crippen LogP contribution in [-0.4, -0.2) is 55.6 Å². The third-order valence-electron chi connectivity index (χ3n) is 3.76. The van der Waals surface area contributed by atoms with Crippen molar-refractivity contribution in [3.8, 4) is 0 Å². The normalized spacial score (nSPS) is 20.1. The van der Waals surface area contributed by atoms with Gasteiger partial charge in [0, 0.05) is 50.2 Å². The molecule has 0 radical (unpaired) electrons. The lowest BCUT2D eigenvalue weighted by Crippen LogP contribution is -2.47. The molecule has 1 saturated heterocycles. The van der Waals surface area contributed by atoms with Crippen LogP contribution >= 0.6 is 11.3 Å². The van der Waals surface area contributed by atoms with E-state index < -0.39 is 0 Å². The van der Waals surface area contributed by atoms with Crippen molar-refractivity contribution < 1.29 is 0 Å². The molecule has 1 aliphatic rings. The van der Waals surface area contributed by atoms with Crippen LogP contribution in [-0.2, 0) is 0 Å². The second-order valence-corrected chi connectivity index (χ2v) is 5.95. The van der Waals surface area contributed by atoms with Gasteiger partial charge in [-0.15, -0.1) is 11.3 Å². The molecule has 1 atom stereocenters. The van der Waals surface area contributed by atoms with E-state index in [1.807, 2.05) is 11.3 Å². The Labute approximate surface area is 115 Å². The van der Waals surface area contributed by atoms with Crippen molar-refractivity contribution in [3.05, 3.63) is 22.4 Å². The summed E-state index contributed by atoms with van der Waals surface area (Å²) in [7, 11) is 0. The van der Waals surface area contributed by atoms with Gasteiger partial charge >= 0.3 is 0 Å². The van der Waals surface area contributed by atoms with E-state index >= 15 is 0 Å². The number of hydrogen-bond acceptors (Lipinski definition) is 4. The van der Waals surface area contributed by atoms with Gasteiger partial charge in [-0.25, -0.2) is 0 Å². The average Bonchev–Trinajstić information content (AvgIpc) is 2.93. The first kappa shape index (κ1) is 14.0. The number of hydrogen-bond donors (Lipinski definition) is 1. The molecule has 0 aliphatic carbocycles. The zero-order valence-electron chi connectivity index (χ0n) is 11.6. The summed E-state index contributed by atoms with van der Waals surface area (Å²) in [5.41, 5.74) is 0. The highest BCUT2D eigenvalue weighted by molar-refractivity contribution is 7.10. The molecule has 2 rings (SSSR count). The van der Waals surface area contributed by atoms with E-state index in [0.717, 1.165) is 6.54 Å². The van der Waals surface area contributed by atoms with E-state index in [2.05, 4.69) is 46.5 Å². The van der Waals surface area contributed by atoms with Crippen LogP contribution in [0.15, 0.2) is 17.5 Å². The average molecular weight is 267 g/mol. The molecule has 4 heteroatoms. The van der Waals surface area contributed by atoms with Crippen molar-refractivity contribution in [2.75, 3.05) is 45.8 Å². The summed E-state index contributed by atoms with van der Waals surface area (Å²) in [6, 6.07) is 4.83. The van der Waals surface area contributed by atoms with Crippen LogP contribution in [0.2, 0.25) is 0 Å². The highest BCUT2D eigenvalue weighted by Gasteiger charge is 2.15. The van der Waals surface area contributed by atoms with Crippen molar-refractivity contribution in [2.45, 2.75) is 19.9 Å². The second-order valence-electron chi connectivity index (χ2n) is 4.97. The summed E-state index contributed by atoms with van der Waals surface area (Å²) < 4.78 is 0. The van der Waals surface area contributed by atoms with Gasteiger partial charge in [0.15, 0.2) is 0 Å². The van der Waals surface area contributed by atoms with Gasteiger partial charge in [-0.1, -0.05) is 13.0 Å². The molecule has 1 aromatic rings. The molecule has 18 heavy (non-hydrogen) atoms. The Kier molecular flexibility index (Phi) is 5.63. The topological polar surface area (TPSA) is 18.5 Å². The molecule has 1 aromatic heterocycles. The third kappa shape index (κ3) is 4.05. The molecule has 3 nitrogen and oxygen atoms in total. The van der Waals surface area contributed by atoms with Gasteiger partial charge < -0.3 is 10.2 Å². The molecule has 0 bridgehead atoms. The Balaban J connectivity index is 1.61. The largest absolute Gasteiger partial charge is 0.308 e. The van der Waals surface area contributed by atoms with Crippen LogP contribution in [0, 0.1) is 0 Å². The van der Waals surface area contributed by atoms with Crippen LogP contribution in [0.3, 0.4) is 0 Å². The van der Waals surface area contributed by atoms with E-state index in [0.29, 0.717) is 6.04 Å². The summed E-state index contributed by atoms with van der Waals surface area (Å²) in [6.07, 6.45) is 0. The quantitative estimate of drug-likeness (QED) is 0.851. The fourth-order valence-electron chi connectivity index (χ4n) is 2.41. The molecule has 1 aliphatic heterocycles. The maximum Gasteiger partial charge on any atom is 0.0386 e. The fraction of sp³-hybridized carbons (Fsp3) is 0.714. The second kappa shape index (κ2) is 7.24. The zero-order valence-corrected chi connectivity index (χ0v) is 12.4. The molecule has 102 valence electrons. The van der Waals surface area contributed by atoms with Crippen LogP contribution in [0.5, 0.6) is 0 Å². The Morgan fingerprint density at radius 3 is 2.61 bits per heavy atom. The molecular formula is C14H25N3S. The van der Waals surface area contributed by atoms with Gasteiger partial charge in [-0.3, -0.25) is 4.90 Å². The molecule has 0 amide bonds. The Bertz CT molecular complexity index is 318. The Morgan fingerprint density at radius 1 is 1.28 bits per heavy atom. The molecule has 0 spiro atoms. The number of likely N-dealkylation sites (N-methyl/N-ethyl adjacent to an activating group) is 1. The minimum absolute atomic E-state index is 0.488. The summed E-state index contributed by atoms with van der Waals surface area (Å²) >= 11 is 1.84. The van der Waals surface area contributed by atoms with E-state index in [4.69, 9.17) is 0 Å². The zero-order chi connectivity index (χ0) is 12.8. The van der Waals surface area contributed by atoms with Crippen molar-refractivity contribution in [3.63, 3.8) is 0 Å². The Hall–Kier alpha value is -0.420. The SMILES string of the molecule is CCN1CCN(CCNC(C)c2cccs2)CC1. The number of nitrogens with one attached hydrogen (secondary N) is 1. The lowest BCUT2D eigenvalue weighted by atomic mass is 10.2. The number of piperazine rings is 1. The van der Waals surface area contributed by atoms with Gasteiger partial charge in [0.05, 0.1) is 0 Å². The highest BCUT2D eigenvalue weighted by Crippen LogP contribution is 2.17. The van der Waals surface area contributed by atoms with Crippen LogP contribution < -0.4 is 5.32 Å². The van der Waals surface area contributed by atoms with Gasteiger partial charge in [-0.2, -0.15) is 0 Å². The minimum Gasteiger partial charge on any atom is -0.308 e. The minimum atomic E-state index is 0.488.